The van der Waals surface area contributed by atoms with Gasteiger partial charge in [-0.3, -0.25) is 4.57 Å². The number of allylic oxidation sites excluding steroid dienone is 2. The first-order valence-corrected chi connectivity index (χ1v) is 26.0. The maximum atomic E-state index is 7.19. The molecular weight excluding hydrogens is 877 g/mol. The van der Waals surface area contributed by atoms with E-state index in [2.05, 4.69) is 278 Å². The minimum absolute atomic E-state index is 0.0171. The van der Waals surface area contributed by atoms with Gasteiger partial charge in [0.25, 0.3) is 0 Å². The van der Waals surface area contributed by atoms with Gasteiger partial charge in [0.2, 0.25) is 0 Å². The lowest BCUT2D eigenvalue weighted by atomic mass is 9.78. The van der Waals surface area contributed by atoms with Crippen molar-refractivity contribution < 1.29 is 4.74 Å². The molecular formula is C67H78N4O. The largest absolute Gasteiger partial charge is 0.457 e. The molecule has 372 valence electrons. The predicted octanol–water partition coefficient (Wildman–Crippen LogP) is 18.4. The quantitative estimate of drug-likeness (QED) is 0.152. The van der Waals surface area contributed by atoms with E-state index in [1.54, 1.807) is 0 Å². The molecule has 0 unspecified atom stereocenters. The third-order valence-electron chi connectivity index (χ3n) is 14.8. The molecule has 5 heteroatoms. The molecule has 0 bridgehead atoms. The van der Waals surface area contributed by atoms with Crippen LogP contribution in [-0.4, -0.2) is 16.2 Å². The van der Waals surface area contributed by atoms with E-state index >= 15 is 0 Å². The molecule has 0 saturated carbocycles. The van der Waals surface area contributed by atoms with Gasteiger partial charge in [0, 0.05) is 68.1 Å². The van der Waals surface area contributed by atoms with Gasteiger partial charge >= 0.3 is 0 Å². The summed E-state index contributed by atoms with van der Waals surface area (Å²) in [6.07, 6.45) is 1.95. The maximum absolute atomic E-state index is 7.19. The monoisotopic (exact) mass is 955 g/mol. The molecule has 3 heterocycles. The molecule has 0 N–H and O–H groups in total. The van der Waals surface area contributed by atoms with Crippen LogP contribution >= 0.6 is 0 Å². The lowest BCUT2D eigenvalue weighted by Gasteiger charge is -2.35. The van der Waals surface area contributed by atoms with E-state index in [1.165, 1.54) is 50.3 Å². The molecule has 8 aromatic rings. The number of benzene rings is 6. The summed E-state index contributed by atoms with van der Waals surface area (Å²) in [7, 11) is 0. The highest BCUT2D eigenvalue weighted by Gasteiger charge is 2.42. The van der Waals surface area contributed by atoms with Gasteiger partial charge in [0.15, 0.2) is 0 Å². The van der Waals surface area contributed by atoms with Crippen molar-refractivity contribution in [2.45, 2.75) is 139 Å². The van der Waals surface area contributed by atoms with E-state index in [1.807, 2.05) is 6.20 Å². The summed E-state index contributed by atoms with van der Waals surface area (Å²) in [5.41, 5.74) is 15.2. The molecule has 0 amide bonds. The van der Waals surface area contributed by atoms with Crippen molar-refractivity contribution in [1.82, 2.24) is 9.55 Å². The zero-order chi connectivity index (χ0) is 51.9. The Hall–Kier alpha value is -6.59. The number of hydrogen-bond acceptors (Lipinski definition) is 4. The summed E-state index contributed by atoms with van der Waals surface area (Å²) in [5, 5.41) is 2.34. The number of nitrogens with zero attached hydrogens (tertiary/aromatic N) is 4. The minimum Gasteiger partial charge on any atom is -0.457 e. The van der Waals surface area contributed by atoms with Crippen molar-refractivity contribution in [3.8, 4) is 28.4 Å². The molecule has 9 rings (SSSR count). The van der Waals surface area contributed by atoms with Gasteiger partial charge in [-0.25, -0.2) is 4.98 Å². The Morgan fingerprint density at radius 1 is 0.389 bits per heavy atom. The fourth-order valence-electron chi connectivity index (χ4n) is 10.6. The first-order valence-electron chi connectivity index (χ1n) is 26.0. The number of hydrogen-bond donors (Lipinski definition) is 0. The summed E-state index contributed by atoms with van der Waals surface area (Å²) in [6.45, 7) is 40.2. The van der Waals surface area contributed by atoms with Crippen LogP contribution in [0.2, 0.25) is 0 Å². The zero-order valence-corrected chi connectivity index (χ0v) is 46.3. The molecule has 0 saturated heterocycles. The highest BCUT2D eigenvalue weighted by Crippen LogP contribution is 2.50. The summed E-state index contributed by atoms with van der Waals surface area (Å²) < 4.78 is 9.52. The average Bonchev–Trinajstić information content (AvgIpc) is 3.89. The van der Waals surface area contributed by atoms with Crippen LogP contribution in [0.1, 0.15) is 146 Å². The highest BCUT2D eigenvalue weighted by atomic mass is 16.5. The summed E-state index contributed by atoms with van der Waals surface area (Å²) in [5.74, 6) is 2.43. The van der Waals surface area contributed by atoms with Crippen LogP contribution in [0.4, 0.5) is 11.4 Å². The van der Waals surface area contributed by atoms with E-state index in [-0.39, 0.29) is 32.5 Å². The van der Waals surface area contributed by atoms with E-state index in [4.69, 9.17) is 9.72 Å². The molecule has 0 fully saturated rings. The van der Waals surface area contributed by atoms with Gasteiger partial charge in [-0.2, -0.15) is 0 Å². The number of anilines is 2. The van der Waals surface area contributed by atoms with Crippen LogP contribution in [0.15, 0.2) is 163 Å². The smallest absolute Gasteiger partial charge is 0.137 e. The number of aromatic nitrogens is 2. The number of rotatable bonds is 8. The predicted molar refractivity (Wildman–Crippen MR) is 307 cm³/mol. The van der Waals surface area contributed by atoms with Crippen LogP contribution < -0.4 is 14.5 Å². The average molecular weight is 955 g/mol. The topological polar surface area (TPSA) is 33.5 Å². The molecule has 0 aliphatic carbocycles. The third-order valence-corrected chi connectivity index (χ3v) is 14.8. The Kier molecular flexibility index (Phi) is 12.5. The number of ether oxygens (including phenoxy) is 1. The van der Waals surface area contributed by atoms with Crippen LogP contribution in [-0.2, 0) is 21.7 Å². The second-order valence-electron chi connectivity index (χ2n) is 26.0. The molecule has 1 aliphatic heterocycles. The fraction of sp³-hybridized carbons (Fsp3) is 0.358. The van der Waals surface area contributed by atoms with E-state index in [0.717, 1.165) is 50.6 Å². The Labute approximate surface area is 431 Å². The highest BCUT2D eigenvalue weighted by molar-refractivity contribution is 6.10. The van der Waals surface area contributed by atoms with Gasteiger partial charge in [-0.05, 0) is 116 Å². The van der Waals surface area contributed by atoms with Crippen molar-refractivity contribution in [2.24, 2.45) is 10.8 Å². The second-order valence-corrected chi connectivity index (χ2v) is 26.0. The second kappa shape index (κ2) is 17.9. The first kappa shape index (κ1) is 50.4. The van der Waals surface area contributed by atoms with Crippen LogP contribution in [0.5, 0.6) is 11.5 Å². The lowest BCUT2D eigenvalue weighted by molar-refractivity contribution is 0.444. The molecule has 0 atom stereocenters. The Bertz CT molecular complexity index is 3300. The van der Waals surface area contributed by atoms with E-state index < -0.39 is 0 Å². The molecule has 6 aromatic carbocycles. The molecule has 0 spiro atoms. The standard InChI is InChI=1S/C67H78N4O/c1-62(2,3)47-32-33-68-59(40-47)71-57-31-28-48(67(16,17)46-26-22-19-23-27-46)39-56(57)55-30-29-53(42-58(55)71)72-54-35-45(44-24-20-18-21-25-44)34-51(41-54)69-43-70(61(66(13,14)15)60(69)65(10,11)12)52-37-49(63(4,5)6)36-50(38-52)64(7,8)9/h18-42H,43H2,1-17H3. The van der Waals surface area contributed by atoms with Gasteiger partial charge in [0.05, 0.1) is 17.7 Å². The van der Waals surface area contributed by atoms with Crippen molar-refractivity contribution in [2.75, 3.05) is 16.5 Å². The lowest BCUT2D eigenvalue weighted by Crippen LogP contribution is -2.32. The van der Waals surface area contributed by atoms with E-state index in [9.17, 15) is 0 Å². The van der Waals surface area contributed by atoms with Crippen LogP contribution in [0.25, 0.3) is 38.8 Å². The first-order chi connectivity index (χ1) is 33.6. The Morgan fingerprint density at radius 3 is 1.53 bits per heavy atom. The molecule has 1 aliphatic rings. The summed E-state index contributed by atoms with van der Waals surface area (Å²) >= 11 is 0. The van der Waals surface area contributed by atoms with Gasteiger partial charge in [-0.1, -0.05) is 190 Å². The third kappa shape index (κ3) is 9.72. The summed E-state index contributed by atoms with van der Waals surface area (Å²) in [6, 6.07) is 53.6. The zero-order valence-electron chi connectivity index (χ0n) is 46.3. The van der Waals surface area contributed by atoms with Gasteiger partial charge in [0.1, 0.15) is 17.3 Å². The molecule has 5 nitrogen and oxygen atoms in total. The van der Waals surface area contributed by atoms with Crippen molar-refractivity contribution in [3.63, 3.8) is 0 Å². The van der Waals surface area contributed by atoms with Crippen molar-refractivity contribution in [3.05, 3.63) is 191 Å². The maximum Gasteiger partial charge on any atom is 0.137 e. The van der Waals surface area contributed by atoms with Crippen molar-refractivity contribution >= 4 is 33.2 Å². The SMILES string of the molecule is CC(C)(C)C1=C(C(C)(C)C)N(c2cc(C(C)(C)C)cc(C(C)(C)C)c2)CN1c1cc(Oc2ccc3c4cc(C(C)(C)c5ccccc5)ccc4n(-c4cc(C(C)(C)C)ccn4)c3c2)cc(-c2ccccc2)c1. The van der Waals surface area contributed by atoms with Gasteiger partial charge in [-0.15, -0.1) is 0 Å². The van der Waals surface area contributed by atoms with E-state index in [0.29, 0.717) is 6.67 Å². The minimum atomic E-state index is -0.202. The van der Waals surface area contributed by atoms with Crippen molar-refractivity contribution in [1.29, 1.82) is 0 Å². The molecule has 2 aromatic heterocycles. The molecule has 0 radical (unpaired) electrons. The Balaban J connectivity index is 1.22. The Morgan fingerprint density at radius 2 is 0.958 bits per heavy atom. The van der Waals surface area contributed by atoms with Crippen LogP contribution in [0.3, 0.4) is 0 Å². The van der Waals surface area contributed by atoms with Crippen LogP contribution in [0, 0.1) is 10.8 Å². The summed E-state index contributed by atoms with van der Waals surface area (Å²) in [4.78, 5) is 10.2. The normalized spacial score (nSPS) is 14.3. The molecule has 72 heavy (non-hydrogen) atoms. The van der Waals surface area contributed by atoms with Gasteiger partial charge < -0.3 is 14.5 Å². The fourth-order valence-corrected chi connectivity index (χ4v) is 10.6. The number of fused-ring (bicyclic) bond motifs is 3. The number of pyridine rings is 1.